The Kier molecular flexibility index (Phi) is 2.27. The number of hydrogen-bond acceptors (Lipinski definition) is 1. The molecule has 0 bridgehead atoms. The van der Waals surface area contributed by atoms with Gasteiger partial charge in [-0.05, 0) is 0 Å². The quantitative estimate of drug-likeness (QED) is 0.694. The van der Waals surface area contributed by atoms with Crippen LogP contribution in [-0.2, 0) is 0 Å². The standard InChI is InChI=1S/C9H11NSe/c1-2-4-8(5-3-1)9-6-11-7-10-9/h1-5,9-10H,6-7H2. The molecule has 1 unspecified atom stereocenters. The molecule has 1 N–H and O–H groups in total. The van der Waals surface area contributed by atoms with E-state index >= 15 is 0 Å². The first-order valence-electron chi connectivity index (χ1n) is 3.83. The molecule has 0 aromatic heterocycles. The van der Waals surface area contributed by atoms with E-state index in [1.54, 1.807) is 0 Å². The van der Waals surface area contributed by atoms with Gasteiger partial charge in [-0.25, -0.2) is 0 Å². The fourth-order valence-electron chi connectivity index (χ4n) is 1.29. The van der Waals surface area contributed by atoms with Gasteiger partial charge in [0, 0.05) is 0 Å². The maximum atomic E-state index is 3.50. The molecule has 0 saturated carbocycles. The molecule has 0 spiro atoms. The van der Waals surface area contributed by atoms with Crippen LogP contribution in [0.1, 0.15) is 11.6 Å². The van der Waals surface area contributed by atoms with Crippen molar-refractivity contribution in [3.63, 3.8) is 0 Å². The van der Waals surface area contributed by atoms with Gasteiger partial charge in [-0.3, -0.25) is 0 Å². The molecule has 1 aliphatic heterocycles. The summed E-state index contributed by atoms with van der Waals surface area (Å²) in [6.45, 7) is 0. The van der Waals surface area contributed by atoms with Gasteiger partial charge in [0.2, 0.25) is 0 Å². The van der Waals surface area contributed by atoms with Crippen LogP contribution in [0.2, 0.25) is 5.32 Å². The summed E-state index contributed by atoms with van der Waals surface area (Å²) in [5.74, 6) is 0. The zero-order valence-corrected chi connectivity index (χ0v) is 8.00. The van der Waals surface area contributed by atoms with E-state index < -0.39 is 0 Å². The molecule has 2 rings (SSSR count). The first-order chi connectivity index (χ1) is 5.47. The monoisotopic (exact) mass is 213 g/mol. The van der Waals surface area contributed by atoms with Crippen LogP contribution in [0.15, 0.2) is 30.3 Å². The first kappa shape index (κ1) is 7.35. The molecule has 1 heterocycles. The summed E-state index contributed by atoms with van der Waals surface area (Å²) < 4.78 is 0. The van der Waals surface area contributed by atoms with Crippen LogP contribution < -0.4 is 5.32 Å². The number of nitrogens with one attached hydrogen (secondary N) is 1. The van der Waals surface area contributed by atoms with E-state index in [9.17, 15) is 0 Å². The molecule has 1 saturated heterocycles. The molecule has 1 aliphatic rings. The van der Waals surface area contributed by atoms with Gasteiger partial charge in [0.05, 0.1) is 0 Å². The predicted octanol–water partition coefficient (Wildman–Crippen LogP) is 1.41. The summed E-state index contributed by atoms with van der Waals surface area (Å²) in [5.41, 5.74) is 2.69. The molecule has 0 radical (unpaired) electrons. The van der Waals surface area contributed by atoms with E-state index in [1.165, 1.54) is 16.3 Å². The Balaban J connectivity index is 2.16. The Labute approximate surface area is 73.4 Å². The van der Waals surface area contributed by atoms with Crippen LogP contribution in [0.4, 0.5) is 0 Å². The van der Waals surface area contributed by atoms with Crippen LogP contribution in [0.5, 0.6) is 0 Å². The predicted molar refractivity (Wildman–Crippen MR) is 47.7 cm³/mol. The van der Waals surface area contributed by atoms with Gasteiger partial charge in [-0.15, -0.1) is 0 Å². The number of hydrogen-bond donors (Lipinski definition) is 1. The van der Waals surface area contributed by atoms with Crippen molar-refractivity contribution in [3.05, 3.63) is 35.9 Å². The maximum absolute atomic E-state index is 3.50. The fourth-order valence-corrected chi connectivity index (χ4v) is 3.36. The van der Waals surface area contributed by atoms with E-state index in [1.807, 2.05) is 0 Å². The van der Waals surface area contributed by atoms with Crippen LogP contribution in [0.3, 0.4) is 0 Å². The van der Waals surface area contributed by atoms with Crippen molar-refractivity contribution < 1.29 is 0 Å². The van der Waals surface area contributed by atoms with Gasteiger partial charge < -0.3 is 0 Å². The summed E-state index contributed by atoms with van der Waals surface area (Å²) in [4.78, 5) is 0. The molecular weight excluding hydrogens is 201 g/mol. The van der Waals surface area contributed by atoms with Crippen LogP contribution in [0.25, 0.3) is 0 Å². The average molecular weight is 212 g/mol. The third kappa shape index (κ3) is 1.64. The Morgan fingerprint density at radius 2 is 2.09 bits per heavy atom. The second-order valence-electron chi connectivity index (χ2n) is 2.68. The van der Waals surface area contributed by atoms with E-state index in [0.717, 1.165) is 15.0 Å². The van der Waals surface area contributed by atoms with Crippen molar-refractivity contribution >= 4 is 15.0 Å². The first-order valence-corrected chi connectivity index (χ1v) is 6.25. The van der Waals surface area contributed by atoms with Crippen LogP contribution in [-0.4, -0.2) is 20.4 Å². The normalized spacial score (nSPS) is 23.8. The van der Waals surface area contributed by atoms with Crippen molar-refractivity contribution in [1.82, 2.24) is 5.32 Å². The average Bonchev–Trinajstić information content (AvgIpc) is 2.58. The second-order valence-corrected chi connectivity index (χ2v) is 4.84. The van der Waals surface area contributed by atoms with E-state index in [4.69, 9.17) is 0 Å². The number of benzene rings is 1. The number of rotatable bonds is 1. The van der Waals surface area contributed by atoms with Crippen molar-refractivity contribution in [2.45, 2.75) is 11.4 Å². The fraction of sp³-hybridized carbons (Fsp3) is 0.333. The van der Waals surface area contributed by atoms with Gasteiger partial charge in [0.15, 0.2) is 0 Å². The van der Waals surface area contributed by atoms with Crippen molar-refractivity contribution in [2.75, 3.05) is 5.44 Å². The third-order valence-corrected chi connectivity index (χ3v) is 3.89. The Bertz CT molecular complexity index is 216. The van der Waals surface area contributed by atoms with Gasteiger partial charge in [0.1, 0.15) is 0 Å². The van der Waals surface area contributed by atoms with Crippen molar-refractivity contribution in [2.24, 2.45) is 0 Å². The van der Waals surface area contributed by atoms with Gasteiger partial charge in [0.25, 0.3) is 0 Å². The molecule has 0 aliphatic carbocycles. The Hall–Kier alpha value is -0.301. The molecule has 11 heavy (non-hydrogen) atoms. The molecule has 1 atom stereocenters. The molecule has 0 amide bonds. The molecule has 1 aromatic rings. The zero-order chi connectivity index (χ0) is 7.52. The van der Waals surface area contributed by atoms with Gasteiger partial charge in [-0.2, -0.15) is 0 Å². The molecule has 1 nitrogen and oxygen atoms in total. The van der Waals surface area contributed by atoms with E-state index in [-0.39, 0.29) is 0 Å². The van der Waals surface area contributed by atoms with Crippen LogP contribution >= 0.6 is 0 Å². The summed E-state index contributed by atoms with van der Waals surface area (Å²) in [7, 11) is 0. The SMILES string of the molecule is c1ccc(C2C[Se]CN2)cc1. The van der Waals surface area contributed by atoms with Crippen molar-refractivity contribution in [1.29, 1.82) is 0 Å². The third-order valence-electron chi connectivity index (χ3n) is 1.92. The minimum atomic E-state index is 0.649. The van der Waals surface area contributed by atoms with E-state index in [0.29, 0.717) is 6.04 Å². The molecule has 58 valence electrons. The Morgan fingerprint density at radius 1 is 1.27 bits per heavy atom. The molecular formula is C9H11NSe. The zero-order valence-electron chi connectivity index (χ0n) is 6.29. The van der Waals surface area contributed by atoms with E-state index in [2.05, 4.69) is 35.6 Å². The molecule has 1 aromatic carbocycles. The van der Waals surface area contributed by atoms with Crippen molar-refractivity contribution in [3.8, 4) is 0 Å². The summed E-state index contributed by atoms with van der Waals surface area (Å²) in [5, 5.41) is 4.86. The summed E-state index contributed by atoms with van der Waals surface area (Å²) in [6, 6.07) is 11.4. The summed E-state index contributed by atoms with van der Waals surface area (Å²) >= 11 is 0.834. The summed E-state index contributed by atoms with van der Waals surface area (Å²) in [6.07, 6.45) is 0. The van der Waals surface area contributed by atoms with Crippen LogP contribution in [0, 0.1) is 0 Å². The molecule has 1 fully saturated rings. The molecule has 2 heteroatoms. The minimum absolute atomic E-state index is 0.649. The second kappa shape index (κ2) is 3.40. The topological polar surface area (TPSA) is 12.0 Å². The van der Waals surface area contributed by atoms with Gasteiger partial charge >= 0.3 is 73.0 Å². The Morgan fingerprint density at radius 3 is 2.73 bits per heavy atom. The van der Waals surface area contributed by atoms with Gasteiger partial charge in [-0.1, -0.05) is 0 Å².